The molecule has 1 aromatic rings. The monoisotopic (exact) mass is 340 g/mol. The number of benzene rings is 1. The van der Waals surface area contributed by atoms with Crippen molar-refractivity contribution in [3.05, 3.63) is 29.8 Å². The van der Waals surface area contributed by atoms with Gasteiger partial charge in [0.25, 0.3) is 5.91 Å². The van der Waals surface area contributed by atoms with E-state index >= 15 is 0 Å². The second kappa shape index (κ2) is 7.10. The topological polar surface area (TPSA) is 113 Å². The van der Waals surface area contributed by atoms with E-state index in [1.54, 1.807) is 6.92 Å². The van der Waals surface area contributed by atoms with Crippen LogP contribution < -0.4 is 10.0 Å². The molecule has 1 saturated carbocycles. The van der Waals surface area contributed by atoms with Gasteiger partial charge in [0.05, 0.1) is 4.90 Å². The molecule has 126 valence electrons. The molecule has 8 heteroatoms. The van der Waals surface area contributed by atoms with Crippen molar-refractivity contribution in [2.75, 3.05) is 0 Å². The van der Waals surface area contributed by atoms with Crippen LogP contribution in [0.4, 0.5) is 0 Å². The van der Waals surface area contributed by atoms with E-state index in [9.17, 15) is 18.0 Å². The van der Waals surface area contributed by atoms with E-state index in [1.165, 1.54) is 24.3 Å². The van der Waals surface area contributed by atoms with Crippen molar-refractivity contribution in [1.29, 1.82) is 0 Å². The Morgan fingerprint density at radius 3 is 2.65 bits per heavy atom. The van der Waals surface area contributed by atoms with E-state index in [2.05, 4.69) is 10.0 Å². The summed E-state index contributed by atoms with van der Waals surface area (Å²) in [6.07, 6.45) is 1.93. The van der Waals surface area contributed by atoms with E-state index in [4.69, 9.17) is 5.11 Å². The lowest BCUT2D eigenvalue weighted by Gasteiger charge is -2.13. The average molecular weight is 340 g/mol. The second-order valence-corrected chi connectivity index (χ2v) is 7.44. The number of carboxylic acids is 1. The molecule has 3 N–H and O–H groups in total. The van der Waals surface area contributed by atoms with E-state index < -0.39 is 21.9 Å². The van der Waals surface area contributed by atoms with Crippen LogP contribution in [-0.4, -0.2) is 37.5 Å². The molecule has 23 heavy (non-hydrogen) atoms. The number of hydrogen-bond acceptors (Lipinski definition) is 4. The summed E-state index contributed by atoms with van der Waals surface area (Å²) in [6.45, 7) is 1.70. The molecule has 1 aromatic carbocycles. The van der Waals surface area contributed by atoms with Crippen LogP contribution in [0.3, 0.4) is 0 Å². The first-order valence-electron chi connectivity index (χ1n) is 7.43. The van der Waals surface area contributed by atoms with Gasteiger partial charge in [0.15, 0.2) is 0 Å². The molecule has 0 bridgehead atoms. The highest BCUT2D eigenvalue weighted by Gasteiger charge is 2.28. The Kier molecular flexibility index (Phi) is 5.38. The smallest absolute Gasteiger partial charge is 0.303 e. The fourth-order valence-corrected chi connectivity index (χ4v) is 3.36. The molecule has 0 radical (unpaired) electrons. The van der Waals surface area contributed by atoms with Gasteiger partial charge in [-0.25, -0.2) is 13.1 Å². The summed E-state index contributed by atoms with van der Waals surface area (Å²) >= 11 is 0. The van der Waals surface area contributed by atoms with Crippen LogP contribution in [0.25, 0.3) is 0 Å². The van der Waals surface area contributed by atoms with Crippen molar-refractivity contribution in [1.82, 2.24) is 10.0 Å². The molecule has 1 atom stereocenters. The quantitative estimate of drug-likeness (QED) is 0.656. The Hall–Kier alpha value is -1.93. The normalized spacial score (nSPS) is 15.9. The summed E-state index contributed by atoms with van der Waals surface area (Å²) in [5, 5.41) is 11.3. The third-order valence-electron chi connectivity index (χ3n) is 3.47. The zero-order valence-corrected chi connectivity index (χ0v) is 13.6. The summed E-state index contributed by atoms with van der Waals surface area (Å²) in [4.78, 5) is 22.7. The number of hydrogen-bond donors (Lipinski definition) is 3. The Morgan fingerprint density at radius 2 is 2.04 bits per heavy atom. The van der Waals surface area contributed by atoms with Gasteiger partial charge < -0.3 is 10.4 Å². The van der Waals surface area contributed by atoms with Crippen LogP contribution in [0.2, 0.25) is 0 Å². The highest BCUT2D eigenvalue weighted by atomic mass is 32.2. The minimum atomic E-state index is -3.61. The zero-order chi connectivity index (χ0) is 17.0. The fraction of sp³-hybridized carbons (Fsp3) is 0.467. The van der Waals surface area contributed by atoms with Gasteiger partial charge in [0.2, 0.25) is 10.0 Å². The lowest BCUT2D eigenvalue weighted by atomic mass is 10.1. The Morgan fingerprint density at radius 1 is 1.35 bits per heavy atom. The maximum atomic E-state index is 12.1. The van der Waals surface area contributed by atoms with Crippen LogP contribution in [0.15, 0.2) is 29.2 Å². The third-order valence-corrected chi connectivity index (χ3v) is 4.99. The van der Waals surface area contributed by atoms with Crippen molar-refractivity contribution in [2.45, 2.75) is 49.6 Å². The molecule has 0 spiro atoms. The molecule has 1 aliphatic rings. The number of rotatable bonds is 8. The summed E-state index contributed by atoms with van der Waals surface area (Å²) in [6, 6.07) is 5.48. The van der Waals surface area contributed by atoms with E-state index in [0.717, 1.165) is 12.8 Å². The Bertz CT molecular complexity index is 698. The van der Waals surface area contributed by atoms with Crippen molar-refractivity contribution >= 4 is 21.9 Å². The molecular weight excluding hydrogens is 320 g/mol. The number of carboxylic acid groups (broad SMARTS) is 1. The molecule has 0 aromatic heterocycles. The third kappa shape index (κ3) is 5.33. The molecule has 0 heterocycles. The molecule has 0 saturated heterocycles. The average Bonchev–Trinajstić information content (AvgIpc) is 3.28. The summed E-state index contributed by atoms with van der Waals surface area (Å²) in [5.74, 6) is -1.35. The molecule has 2 rings (SSSR count). The molecule has 7 nitrogen and oxygen atoms in total. The summed E-state index contributed by atoms with van der Waals surface area (Å²) in [5.41, 5.74) is 0.228. The summed E-state index contributed by atoms with van der Waals surface area (Å²) < 4.78 is 26.9. The minimum Gasteiger partial charge on any atom is -0.481 e. The maximum absolute atomic E-state index is 12.1. The number of sulfonamides is 1. The Balaban J connectivity index is 2.03. The first-order chi connectivity index (χ1) is 10.8. The van der Waals surface area contributed by atoms with Crippen molar-refractivity contribution in [3.8, 4) is 0 Å². The van der Waals surface area contributed by atoms with Gasteiger partial charge >= 0.3 is 5.97 Å². The van der Waals surface area contributed by atoms with E-state index in [1.807, 2.05) is 0 Å². The fourth-order valence-electron chi connectivity index (χ4n) is 2.01. The van der Waals surface area contributed by atoms with Crippen molar-refractivity contribution < 1.29 is 23.1 Å². The van der Waals surface area contributed by atoms with Gasteiger partial charge in [0, 0.05) is 24.1 Å². The van der Waals surface area contributed by atoms with Gasteiger partial charge in [0.1, 0.15) is 0 Å². The number of carbonyl (C=O) groups is 2. The molecule has 1 amide bonds. The van der Waals surface area contributed by atoms with Gasteiger partial charge in [-0.2, -0.15) is 0 Å². The van der Waals surface area contributed by atoms with Crippen LogP contribution in [0.1, 0.15) is 43.0 Å². The number of amides is 1. The van der Waals surface area contributed by atoms with Crippen LogP contribution >= 0.6 is 0 Å². The van der Waals surface area contributed by atoms with Gasteiger partial charge in [-0.1, -0.05) is 6.07 Å². The second-order valence-electron chi connectivity index (χ2n) is 5.73. The lowest BCUT2D eigenvalue weighted by molar-refractivity contribution is -0.137. The van der Waals surface area contributed by atoms with Crippen LogP contribution in [0, 0.1) is 0 Å². The molecule has 0 aliphatic heterocycles. The Labute approximate surface area is 135 Å². The standard InChI is InChI=1S/C15H20N2O5S/c1-10(5-8-14(18)19)16-15(20)11-3-2-4-13(9-11)23(21,22)17-12-6-7-12/h2-4,9-10,12,17H,5-8H2,1H3,(H,16,20)(H,18,19). The molecule has 1 aliphatic carbocycles. The highest BCUT2D eigenvalue weighted by molar-refractivity contribution is 7.89. The van der Waals surface area contributed by atoms with E-state index in [0.29, 0.717) is 6.42 Å². The zero-order valence-electron chi connectivity index (χ0n) is 12.8. The lowest BCUT2D eigenvalue weighted by Crippen LogP contribution is -2.33. The number of carbonyl (C=O) groups excluding carboxylic acids is 1. The number of nitrogens with one attached hydrogen (secondary N) is 2. The first kappa shape index (κ1) is 17.4. The van der Waals surface area contributed by atoms with Gasteiger partial charge in [-0.3, -0.25) is 9.59 Å². The highest BCUT2D eigenvalue weighted by Crippen LogP contribution is 2.22. The van der Waals surface area contributed by atoms with Crippen LogP contribution in [-0.2, 0) is 14.8 Å². The van der Waals surface area contributed by atoms with Gasteiger partial charge in [-0.05, 0) is 44.4 Å². The maximum Gasteiger partial charge on any atom is 0.303 e. The molecule has 1 fully saturated rings. The van der Waals surface area contributed by atoms with E-state index in [-0.39, 0.29) is 29.0 Å². The first-order valence-corrected chi connectivity index (χ1v) is 8.91. The predicted molar refractivity (Wildman–Crippen MR) is 83.6 cm³/mol. The minimum absolute atomic E-state index is 0.00600. The largest absolute Gasteiger partial charge is 0.481 e. The van der Waals surface area contributed by atoms with Gasteiger partial charge in [-0.15, -0.1) is 0 Å². The molecule has 1 unspecified atom stereocenters. The van der Waals surface area contributed by atoms with Crippen molar-refractivity contribution in [2.24, 2.45) is 0 Å². The SMILES string of the molecule is CC(CCC(=O)O)NC(=O)c1cccc(S(=O)(=O)NC2CC2)c1. The predicted octanol–water partition coefficient (Wildman–Crippen LogP) is 1.11. The molecular formula is C15H20N2O5S. The van der Waals surface area contributed by atoms with Crippen molar-refractivity contribution in [3.63, 3.8) is 0 Å². The summed E-state index contributed by atoms with van der Waals surface area (Å²) in [7, 11) is -3.61. The number of aliphatic carboxylic acids is 1. The van der Waals surface area contributed by atoms with Crippen LogP contribution in [0.5, 0.6) is 0 Å².